The molecule has 2 N–H and O–H groups in total. The standard InChI is InChI=1S/C14H19NO/c1-3-14(2,15)13(16)9-11-8-10-6-4-5-7-12(10)11/h4-7,11H,3,8-9,15H2,1-2H3. The Morgan fingerprint density at radius 3 is 2.81 bits per heavy atom. The molecule has 2 atom stereocenters. The SMILES string of the molecule is CCC(C)(N)C(=O)CC1Cc2ccccc21. The van der Waals surface area contributed by atoms with Crippen molar-refractivity contribution in [3.05, 3.63) is 35.4 Å². The van der Waals surface area contributed by atoms with Gasteiger partial charge in [-0.3, -0.25) is 4.79 Å². The van der Waals surface area contributed by atoms with Crippen LogP contribution in [0, 0.1) is 0 Å². The lowest BCUT2D eigenvalue weighted by molar-refractivity contribution is -0.124. The lowest BCUT2D eigenvalue weighted by atomic mass is 9.73. The first kappa shape index (κ1) is 11.3. The van der Waals surface area contributed by atoms with Crippen LogP contribution in [0.25, 0.3) is 0 Å². The third-order valence-corrected chi connectivity index (χ3v) is 3.76. The highest BCUT2D eigenvalue weighted by atomic mass is 16.1. The van der Waals surface area contributed by atoms with Crippen molar-refractivity contribution >= 4 is 5.78 Å². The minimum absolute atomic E-state index is 0.189. The summed E-state index contributed by atoms with van der Waals surface area (Å²) in [7, 11) is 0. The van der Waals surface area contributed by atoms with E-state index in [4.69, 9.17) is 5.73 Å². The van der Waals surface area contributed by atoms with Crippen molar-refractivity contribution in [3.8, 4) is 0 Å². The van der Waals surface area contributed by atoms with Crippen molar-refractivity contribution in [2.24, 2.45) is 5.73 Å². The molecule has 0 bridgehead atoms. The Bertz CT molecular complexity index is 409. The molecule has 0 fully saturated rings. The van der Waals surface area contributed by atoms with Crippen LogP contribution in [0.4, 0.5) is 0 Å². The van der Waals surface area contributed by atoms with E-state index in [0.29, 0.717) is 18.8 Å². The van der Waals surface area contributed by atoms with Crippen LogP contribution in [0.2, 0.25) is 0 Å². The van der Waals surface area contributed by atoms with E-state index in [1.54, 1.807) is 0 Å². The quantitative estimate of drug-likeness (QED) is 0.841. The molecule has 2 rings (SSSR count). The maximum absolute atomic E-state index is 12.0. The fourth-order valence-electron chi connectivity index (χ4n) is 2.20. The summed E-state index contributed by atoms with van der Waals surface area (Å²) in [6.07, 6.45) is 2.33. The second-order valence-corrected chi connectivity index (χ2v) is 5.00. The van der Waals surface area contributed by atoms with Gasteiger partial charge in [-0.05, 0) is 36.8 Å². The van der Waals surface area contributed by atoms with Gasteiger partial charge < -0.3 is 5.73 Å². The Morgan fingerprint density at radius 2 is 2.19 bits per heavy atom. The van der Waals surface area contributed by atoms with E-state index in [9.17, 15) is 4.79 Å². The molecular weight excluding hydrogens is 198 g/mol. The Morgan fingerprint density at radius 1 is 1.50 bits per heavy atom. The lowest BCUT2D eigenvalue weighted by Crippen LogP contribution is -2.45. The average Bonchev–Trinajstić information content (AvgIpc) is 2.25. The van der Waals surface area contributed by atoms with E-state index in [0.717, 1.165) is 6.42 Å². The second-order valence-electron chi connectivity index (χ2n) is 5.00. The third kappa shape index (κ3) is 1.90. The van der Waals surface area contributed by atoms with Gasteiger partial charge in [-0.25, -0.2) is 0 Å². The number of carbonyl (C=O) groups excluding carboxylic acids is 1. The van der Waals surface area contributed by atoms with Gasteiger partial charge in [0.2, 0.25) is 0 Å². The molecule has 0 aromatic heterocycles. The van der Waals surface area contributed by atoms with Crippen molar-refractivity contribution in [1.29, 1.82) is 0 Å². The molecular formula is C14H19NO. The maximum Gasteiger partial charge on any atom is 0.152 e. The van der Waals surface area contributed by atoms with Crippen LogP contribution in [-0.4, -0.2) is 11.3 Å². The zero-order valence-corrected chi connectivity index (χ0v) is 9.99. The fourth-order valence-corrected chi connectivity index (χ4v) is 2.20. The Kier molecular flexibility index (Phi) is 2.85. The molecule has 0 aliphatic heterocycles. The van der Waals surface area contributed by atoms with Crippen LogP contribution >= 0.6 is 0 Å². The minimum Gasteiger partial charge on any atom is -0.319 e. The molecule has 0 spiro atoms. The number of fused-ring (bicyclic) bond motifs is 1. The highest BCUT2D eigenvalue weighted by Gasteiger charge is 2.33. The summed E-state index contributed by atoms with van der Waals surface area (Å²) >= 11 is 0. The molecule has 2 heteroatoms. The molecule has 1 aliphatic carbocycles. The zero-order valence-electron chi connectivity index (χ0n) is 9.99. The fraction of sp³-hybridized carbons (Fsp3) is 0.500. The number of rotatable bonds is 4. The zero-order chi connectivity index (χ0) is 11.8. The second kappa shape index (κ2) is 4.02. The van der Waals surface area contributed by atoms with Gasteiger partial charge in [-0.2, -0.15) is 0 Å². The summed E-state index contributed by atoms with van der Waals surface area (Å²) in [5.41, 5.74) is 8.03. The van der Waals surface area contributed by atoms with Crippen LogP contribution in [0.1, 0.15) is 43.7 Å². The summed E-state index contributed by atoms with van der Waals surface area (Å²) in [5, 5.41) is 0. The van der Waals surface area contributed by atoms with E-state index < -0.39 is 5.54 Å². The minimum atomic E-state index is -0.648. The monoisotopic (exact) mass is 217 g/mol. The van der Waals surface area contributed by atoms with Gasteiger partial charge in [0.05, 0.1) is 5.54 Å². The molecule has 0 heterocycles. The third-order valence-electron chi connectivity index (χ3n) is 3.76. The molecule has 0 saturated carbocycles. The smallest absolute Gasteiger partial charge is 0.152 e. The van der Waals surface area contributed by atoms with Crippen molar-refractivity contribution in [2.75, 3.05) is 0 Å². The summed E-state index contributed by atoms with van der Waals surface area (Å²) in [4.78, 5) is 12.0. The number of ketones is 1. The highest BCUT2D eigenvalue weighted by Crippen LogP contribution is 2.38. The van der Waals surface area contributed by atoms with E-state index in [1.807, 2.05) is 19.9 Å². The number of hydrogen-bond acceptors (Lipinski definition) is 2. The molecule has 0 amide bonds. The van der Waals surface area contributed by atoms with Crippen LogP contribution in [0.3, 0.4) is 0 Å². The number of hydrogen-bond donors (Lipinski definition) is 1. The van der Waals surface area contributed by atoms with Crippen molar-refractivity contribution in [1.82, 2.24) is 0 Å². The number of nitrogens with two attached hydrogens (primary N) is 1. The molecule has 0 saturated heterocycles. The summed E-state index contributed by atoms with van der Waals surface area (Å²) < 4.78 is 0. The van der Waals surface area contributed by atoms with Crippen LogP contribution in [0.5, 0.6) is 0 Å². The maximum atomic E-state index is 12.0. The number of carbonyl (C=O) groups is 1. The van der Waals surface area contributed by atoms with Gasteiger partial charge in [0.25, 0.3) is 0 Å². The van der Waals surface area contributed by atoms with Gasteiger partial charge in [0, 0.05) is 6.42 Å². The molecule has 86 valence electrons. The summed E-state index contributed by atoms with van der Waals surface area (Å²) in [6, 6.07) is 8.35. The first-order chi connectivity index (χ1) is 7.54. The lowest BCUT2D eigenvalue weighted by Gasteiger charge is -2.32. The first-order valence-corrected chi connectivity index (χ1v) is 5.94. The molecule has 2 nitrogen and oxygen atoms in total. The van der Waals surface area contributed by atoms with Gasteiger partial charge in [0.15, 0.2) is 5.78 Å². The van der Waals surface area contributed by atoms with Gasteiger partial charge >= 0.3 is 0 Å². The van der Waals surface area contributed by atoms with Crippen LogP contribution < -0.4 is 5.73 Å². The molecule has 1 aromatic carbocycles. The van der Waals surface area contributed by atoms with Crippen LogP contribution in [-0.2, 0) is 11.2 Å². The van der Waals surface area contributed by atoms with E-state index >= 15 is 0 Å². The predicted octanol–water partition coefficient (Wildman–Crippen LogP) is 2.41. The van der Waals surface area contributed by atoms with E-state index in [-0.39, 0.29) is 5.78 Å². The average molecular weight is 217 g/mol. The predicted molar refractivity (Wildman–Crippen MR) is 65.4 cm³/mol. The molecule has 1 aliphatic rings. The normalized spacial score (nSPS) is 21.8. The first-order valence-electron chi connectivity index (χ1n) is 5.94. The summed E-state index contributed by atoms with van der Waals surface area (Å²) in [6.45, 7) is 3.80. The van der Waals surface area contributed by atoms with E-state index in [1.165, 1.54) is 11.1 Å². The number of benzene rings is 1. The van der Waals surface area contributed by atoms with Crippen molar-refractivity contribution < 1.29 is 4.79 Å². The van der Waals surface area contributed by atoms with Gasteiger partial charge in [-0.1, -0.05) is 31.2 Å². The molecule has 16 heavy (non-hydrogen) atoms. The Hall–Kier alpha value is -1.15. The topological polar surface area (TPSA) is 43.1 Å². The van der Waals surface area contributed by atoms with E-state index in [2.05, 4.69) is 18.2 Å². The summed E-state index contributed by atoms with van der Waals surface area (Å²) in [5.74, 6) is 0.590. The molecule has 1 aromatic rings. The Labute approximate surface area is 96.8 Å². The van der Waals surface area contributed by atoms with Crippen molar-refractivity contribution in [2.45, 2.75) is 44.6 Å². The molecule has 2 unspecified atom stereocenters. The largest absolute Gasteiger partial charge is 0.319 e. The van der Waals surface area contributed by atoms with Gasteiger partial charge in [0.1, 0.15) is 0 Å². The van der Waals surface area contributed by atoms with Crippen molar-refractivity contribution in [3.63, 3.8) is 0 Å². The molecule has 0 radical (unpaired) electrons. The number of Topliss-reactive ketones (excluding diaryl/α,β-unsaturated/α-hetero) is 1. The highest BCUT2D eigenvalue weighted by molar-refractivity contribution is 5.88. The van der Waals surface area contributed by atoms with Gasteiger partial charge in [-0.15, -0.1) is 0 Å². The van der Waals surface area contributed by atoms with Crippen LogP contribution in [0.15, 0.2) is 24.3 Å². The Balaban J connectivity index is 2.02.